The maximum atomic E-state index is 11.6. The second-order valence-electron chi connectivity index (χ2n) is 4.73. The Morgan fingerprint density at radius 1 is 1.39 bits per heavy atom. The summed E-state index contributed by atoms with van der Waals surface area (Å²) in [6.45, 7) is 8.08. The molecule has 1 rings (SSSR count). The van der Waals surface area contributed by atoms with E-state index in [1.165, 1.54) is 5.56 Å². The zero-order chi connectivity index (χ0) is 13.7. The van der Waals surface area contributed by atoms with Gasteiger partial charge in [0.15, 0.2) is 0 Å². The van der Waals surface area contributed by atoms with E-state index in [4.69, 9.17) is 5.73 Å². The molecule has 0 saturated heterocycles. The fraction of sp³-hybridized carbons (Fsp3) is 0.500. The van der Waals surface area contributed by atoms with Crippen molar-refractivity contribution >= 4 is 23.4 Å². The van der Waals surface area contributed by atoms with Crippen LogP contribution in [0.4, 0.5) is 5.69 Å². The average molecular weight is 266 g/mol. The van der Waals surface area contributed by atoms with Crippen LogP contribution in [-0.2, 0) is 10.5 Å². The summed E-state index contributed by atoms with van der Waals surface area (Å²) >= 11 is 1.90. The Bertz CT molecular complexity index is 416. The highest BCUT2D eigenvalue weighted by atomic mass is 32.2. The number of nitrogens with one attached hydrogen (secondary N) is 1. The second kappa shape index (κ2) is 6.81. The third-order valence-electron chi connectivity index (χ3n) is 2.69. The Kier molecular flexibility index (Phi) is 5.69. The fourth-order valence-corrected chi connectivity index (χ4v) is 2.30. The minimum atomic E-state index is -0.488. The lowest BCUT2D eigenvalue weighted by Gasteiger charge is -2.14. The molecule has 18 heavy (non-hydrogen) atoms. The Labute approximate surface area is 114 Å². The molecule has 0 bridgehead atoms. The lowest BCUT2D eigenvalue weighted by atomic mass is 10.1. The van der Waals surface area contributed by atoms with Gasteiger partial charge in [-0.3, -0.25) is 4.79 Å². The van der Waals surface area contributed by atoms with Gasteiger partial charge < -0.3 is 11.1 Å². The SMILES string of the molecule is Cc1c(CSC(C)C)cccc1NC(=O)[C@H](C)N. The highest BCUT2D eigenvalue weighted by Gasteiger charge is 2.10. The van der Waals surface area contributed by atoms with Crippen molar-refractivity contribution in [2.45, 2.75) is 44.7 Å². The number of carbonyl (C=O) groups excluding carboxylic acids is 1. The number of rotatable bonds is 5. The maximum absolute atomic E-state index is 11.6. The maximum Gasteiger partial charge on any atom is 0.241 e. The van der Waals surface area contributed by atoms with Gasteiger partial charge in [-0.05, 0) is 36.3 Å². The van der Waals surface area contributed by atoms with Gasteiger partial charge in [0.2, 0.25) is 5.91 Å². The van der Waals surface area contributed by atoms with Gasteiger partial charge in [-0.1, -0.05) is 26.0 Å². The van der Waals surface area contributed by atoms with Crippen LogP contribution < -0.4 is 11.1 Å². The van der Waals surface area contributed by atoms with Gasteiger partial charge in [0.25, 0.3) is 0 Å². The summed E-state index contributed by atoms with van der Waals surface area (Å²) in [6.07, 6.45) is 0. The monoisotopic (exact) mass is 266 g/mol. The Morgan fingerprint density at radius 2 is 2.06 bits per heavy atom. The van der Waals surface area contributed by atoms with Crippen LogP contribution in [-0.4, -0.2) is 17.2 Å². The quantitative estimate of drug-likeness (QED) is 0.861. The number of hydrogen-bond acceptors (Lipinski definition) is 3. The Morgan fingerprint density at radius 3 is 2.61 bits per heavy atom. The molecule has 1 aromatic rings. The van der Waals surface area contributed by atoms with Gasteiger partial charge in [0.1, 0.15) is 0 Å². The summed E-state index contributed by atoms with van der Waals surface area (Å²) < 4.78 is 0. The molecule has 3 N–H and O–H groups in total. The molecule has 0 aromatic heterocycles. The second-order valence-corrected chi connectivity index (χ2v) is 6.29. The number of benzene rings is 1. The van der Waals surface area contributed by atoms with Gasteiger partial charge in [0.05, 0.1) is 6.04 Å². The minimum Gasteiger partial charge on any atom is -0.324 e. The first kappa shape index (κ1) is 15.1. The van der Waals surface area contributed by atoms with E-state index < -0.39 is 6.04 Å². The molecular weight excluding hydrogens is 244 g/mol. The van der Waals surface area contributed by atoms with Crippen molar-refractivity contribution in [1.82, 2.24) is 0 Å². The largest absolute Gasteiger partial charge is 0.324 e. The molecule has 0 aliphatic rings. The zero-order valence-electron chi connectivity index (χ0n) is 11.5. The van der Waals surface area contributed by atoms with Crippen molar-refractivity contribution in [3.05, 3.63) is 29.3 Å². The van der Waals surface area contributed by atoms with Crippen LogP contribution in [0.15, 0.2) is 18.2 Å². The van der Waals surface area contributed by atoms with Crippen LogP contribution in [0.3, 0.4) is 0 Å². The zero-order valence-corrected chi connectivity index (χ0v) is 12.3. The lowest BCUT2D eigenvalue weighted by Crippen LogP contribution is -2.32. The molecule has 1 atom stereocenters. The predicted molar refractivity (Wildman–Crippen MR) is 79.9 cm³/mol. The summed E-state index contributed by atoms with van der Waals surface area (Å²) in [4.78, 5) is 11.6. The van der Waals surface area contributed by atoms with Crippen LogP contribution in [0.2, 0.25) is 0 Å². The molecule has 3 nitrogen and oxygen atoms in total. The third-order valence-corrected chi connectivity index (χ3v) is 3.83. The number of carbonyl (C=O) groups is 1. The predicted octanol–water partition coefficient (Wildman–Crippen LogP) is 2.92. The molecule has 0 unspecified atom stereocenters. The molecule has 4 heteroatoms. The van der Waals surface area contributed by atoms with E-state index in [0.717, 1.165) is 17.0 Å². The summed E-state index contributed by atoms with van der Waals surface area (Å²) in [5.41, 5.74) is 8.80. The Hall–Kier alpha value is -1.00. The first-order chi connectivity index (χ1) is 8.41. The first-order valence-corrected chi connectivity index (χ1v) is 7.23. The number of nitrogens with two attached hydrogens (primary N) is 1. The van der Waals surface area contributed by atoms with E-state index in [0.29, 0.717) is 5.25 Å². The molecule has 1 aromatic carbocycles. The highest BCUT2D eigenvalue weighted by Crippen LogP contribution is 2.24. The number of hydrogen-bond donors (Lipinski definition) is 2. The summed E-state index contributed by atoms with van der Waals surface area (Å²) in [5, 5.41) is 3.47. The van der Waals surface area contributed by atoms with Crippen molar-refractivity contribution in [1.29, 1.82) is 0 Å². The van der Waals surface area contributed by atoms with E-state index in [1.807, 2.05) is 30.8 Å². The standard InChI is InChI=1S/C14H22N2OS/c1-9(2)18-8-12-6-5-7-13(10(12)3)16-14(17)11(4)15/h5-7,9,11H,8,15H2,1-4H3,(H,16,17)/t11-/m0/s1. The van der Waals surface area contributed by atoms with E-state index >= 15 is 0 Å². The first-order valence-electron chi connectivity index (χ1n) is 6.18. The van der Waals surface area contributed by atoms with E-state index in [1.54, 1.807) is 6.92 Å². The number of amides is 1. The fourth-order valence-electron chi connectivity index (χ4n) is 1.48. The van der Waals surface area contributed by atoms with Gasteiger partial charge in [-0.25, -0.2) is 0 Å². The molecule has 0 aliphatic heterocycles. The van der Waals surface area contributed by atoms with E-state index in [2.05, 4.69) is 25.2 Å². The highest BCUT2D eigenvalue weighted by molar-refractivity contribution is 7.99. The molecule has 0 spiro atoms. The summed E-state index contributed by atoms with van der Waals surface area (Å²) in [6, 6.07) is 5.50. The van der Waals surface area contributed by atoms with Crippen molar-refractivity contribution in [2.75, 3.05) is 5.32 Å². The summed E-state index contributed by atoms with van der Waals surface area (Å²) in [7, 11) is 0. The van der Waals surface area contributed by atoms with E-state index in [-0.39, 0.29) is 5.91 Å². The van der Waals surface area contributed by atoms with Crippen molar-refractivity contribution in [2.24, 2.45) is 5.73 Å². The van der Waals surface area contributed by atoms with E-state index in [9.17, 15) is 4.79 Å². The minimum absolute atomic E-state index is 0.147. The van der Waals surface area contributed by atoms with Crippen LogP contribution in [0.25, 0.3) is 0 Å². The van der Waals surface area contributed by atoms with Crippen LogP contribution in [0.5, 0.6) is 0 Å². The Balaban J connectivity index is 2.81. The van der Waals surface area contributed by atoms with Crippen LogP contribution in [0.1, 0.15) is 31.9 Å². The number of anilines is 1. The normalized spacial score (nSPS) is 12.6. The molecule has 0 saturated carbocycles. The lowest BCUT2D eigenvalue weighted by molar-refractivity contribution is -0.117. The van der Waals surface area contributed by atoms with Crippen molar-refractivity contribution in [3.63, 3.8) is 0 Å². The van der Waals surface area contributed by atoms with Gasteiger partial charge in [-0.15, -0.1) is 0 Å². The van der Waals surface area contributed by atoms with Crippen LogP contribution in [0, 0.1) is 6.92 Å². The van der Waals surface area contributed by atoms with Gasteiger partial charge in [0, 0.05) is 11.4 Å². The summed E-state index contributed by atoms with van der Waals surface area (Å²) in [5.74, 6) is 0.817. The van der Waals surface area contributed by atoms with Gasteiger partial charge in [-0.2, -0.15) is 11.8 Å². The van der Waals surface area contributed by atoms with Gasteiger partial charge >= 0.3 is 0 Å². The number of thioether (sulfide) groups is 1. The molecule has 0 heterocycles. The molecule has 0 fully saturated rings. The van der Waals surface area contributed by atoms with Crippen LogP contribution >= 0.6 is 11.8 Å². The smallest absolute Gasteiger partial charge is 0.241 e. The average Bonchev–Trinajstić information content (AvgIpc) is 2.29. The molecule has 100 valence electrons. The molecular formula is C14H22N2OS. The van der Waals surface area contributed by atoms with Crippen molar-refractivity contribution < 1.29 is 4.79 Å². The molecule has 1 amide bonds. The molecule has 0 radical (unpaired) electrons. The topological polar surface area (TPSA) is 55.1 Å². The third kappa shape index (κ3) is 4.35. The van der Waals surface area contributed by atoms with Crippen molar-refractivity contribution in [3.8, 4) is 0 Å². The molecule has 0 aliphatic carbocycles.